The average Bonchev–Trinajstić information content (AvgIpc) is 2.68. The minimum atomic E-state index is -0.309. The van der Waals surface area contributed by atoms with E-state index in [1.165, 1.54) is 6.07 Å². The molecule has 0 bridgehead atoms. The number of nitrogens with zero attached hydrogens (tertiary/aromatic N) is 3. The smallest absolute Gasteiger partial charge is 0.137 e. The highest BCUT2D eigenvalue weighted by Gasteiger charge is 2.14. The van der Waals surface area contributed by atoms with E-state index in [0.29, 0.717) is 10.9 Å². The van der Waals surface area contributed by atoms with E-state index in [4.69, 9.17) is 5.73 Å². The van der Waals surface area contributed by atoms with Gasteiger partial charge in [0.05, 0.1) is 10.2 Å². The monoisotopic (exact) mass is 298 g/mol. The molecule has 4 nitrogen and oxygen atoms in total. The Labute approximate surface area is 107 Å². The second-order valence-corrected chi connectivity index (χ2v) is 4.63. The van der Waals surface area contributed by atoms with Crippen molar-refractivity contribution < 1.29 is 4.39 Å². The Morgan fingerprint density at radius 3 is 2.94 bits per heavy atom. The fraction of sp³-hybridized carbons (Fsp3) is 0.273. The fourth-order valence-electron chi connectivity index (χ4n) is 1.63. The Kier molecular flexibility index (Phi) is 3.54. The second kappa shape index (κ2) is 4.93. The summed E-state index contributed by atoms with van der Waals surface area (Å²) in [5.41, 5.74) is 7.55. The summed E-state index contributed by atoms with van der Waals surface area (Å²) in [4.78, 5) is 0. The third-order valence-corrected chi connectivity index (χ3v) is 3.30. The van der Waals surface area contributed by atoms with Crippen molar-refractivity contribution in [2.24, 2.45) is 12.8 Å². The van der Waals surface area contributed by atoms with Crippen molar-refractivity contribution in [2.45, 2.75) is 12.5 Å². The van der Waals surface area contributed by atoms with Crippen molar-refractivity contribution in [1.82, 2.24) is 15.0 Å². The van der Waals surface area contributed by atoms with Crippen LogP contribution in [0, 0.1) is 5.82 Å². The van der Waals surface area contributed by atoms with Gasteiger partial charge in [0, 0.05) is 25.7 Å². The molecule has 0 aliphatic carbocycles. The first-order valence-electron chi connectivity index (χ1n) is 5.12. The van der Waals surface area contributed by atoms with Crippen LogP contribution in [0.15, 0.2) is 28.9 Å². The molecule has 0 saturated carbocycles. The third kappa shape index (κ3) is 2.70. The van der Waals surface area contributed by atoms with Crippen LogP contribution in [0.1, 0.15) is 17.3 Å². The SMILES string of the molecule is Cn1cc(CC(N)c2cccc(F)c2Br)nn1. The van der Waals surface area contributed by atoms with Crippen LogP contribution in [0.2, 0.25) is 0 Å². The zero-order chi connectivity index (χ0) is 12.4. The molecule has 0 radical (unpaired) electrons. The summed E-state index contributed by atoms with van der Waals surface area (Å²) in [7, 11) is 1.79. The maximum atomic E-state index is 13.3. The molecule has 17 heavy (non-hydrogen) atoms. The average molecular weight is 299 g/mol. The van der Waals surface area contributed by atoms with Crippen LogP contribution in [0.3, 0.4) is 0 Å². The van der Waals surface area contributed by atoms with Crippen molar-refractivity contribution in [3.05, 3.63) is 45.9 Å². The standard InChI is InChI=1S/C11H12BrFN4/c1-17-6-7(15-16-17)5-10(14)8-3-2-4-9(13)11(8)12/h2-4,6,10H,5,14H2,1H3. The molecule has 2 aromatic rings. The first kappa shape index (κ1) is 12.2. The summed E-state index contributed by atoms with van der Waals surface area (Å²) in [5.74, 6) is -0.308. The van der Waals surface area contributed by atoms with Gasteiger partial charge in [0.25, 0.3) is 0 Å². The van der Waals surface area contributed by atoms with Gasteiger partial charge in [0.2, 0.25) is 0 Å². The lowest BCUT2D eigenvalue weighted by Gasteiger charge is -2.12. The highest BCUT2D eigenvalue weighted by Crippen LogP contribution is 2.26. The zero-order valence-electron chi connectivity index (χ0n) is 9.27. The Bertz CT molecular complexity index is 526. The van der Waals surface area contributed by atoms with Gasteiger partial charge in [-0.2, -0.15) is 0 Å². The van der Waals surface area contributed by atoms with E-state index in [0.717, 1.165) is 11.3 Å². The topological polar surface area (TPSA) is 56.7 Å². The number of halogens is 2. The lowest BCUT2D eigenvalue weighted by molar-refractivity contribution is 0.609. The van der Waals surface area contributed by atoms with Gasteiger partial charge in [-0.3, -0.25) is 4.68 Å². The number of nitrogens with two attached hydrogens (primary N) is 1. The van der Waals surface area contributed by atoms with Crippen molar-refractivity contribution in [3.63, 3.8) is 0 Å². The van der Waals surface area contributed by atoms with Gasteiger partial charge >= 0.3 is 0 Å². The molecule has 1 aromatic heterocycles. The number of hydrogen-bond acceptors (Lipinski definition) is 3. The van der Waals surface area contributed by atoms with Crippen LogP contribution in [-0.4, -0.2) is 15.0 Å². The molecule has 0 fully saturated rings. The quantitative estimate of drug-likeness (QED) is 0.942. The van der Waals surface area contributed by atoms with Crippen molar-refractivity contribution in [1.29, 1.82) is 0 Å². The molecule has 1 unspecified atom stereocenters. The number of hydrogen-bond donors (Lipinski definition) is 1. The molecule has 2 rings (SSSR count). The summed E-state index contributed by atoms with van der Waals surface area (Å²) in [6.45, 7) is 0. The Hall–Kier alpha value is -1.27. The Balaban J connectivity index is 2.20. The molecule has 0 aliphatic rings. The molecule has 2 N–H and O–H groups in total. The second-order valence-electron chi connectivity index (χ2n) is 3.84. The van der Waals surface area contributed by atoms with Crippen LogP contribution in [0.4, 0.5) is 4.39 Å². The van der Waals surface area contributed by atoms with Gasteiger partial charge in [-0.05, 0) is 27.6 Å². The van der Waals surface area contributed by atoms with Crippen LogP contribution in [-0.2, 0) is 13.5 Å². The first-order chi connectivity index (χ1) is 8.08. The molecule has 0 spiro atoms. The van der Waals surface area contributed by atoms with E-state index in [1.807, 2.05) is 0 Å². The van der Waals surface area contributed by atoms with E-state index >= 15 is 0 Å². The fourth-order valence-corrected chi connectivity index (χ4v) is 2.19. The van der Waals surface area contributed by atoms with Crippen molar-refractivity contribution in [3.8, 4) is 0 Å². The van der Waals surface area contributed by atoms with E-state index in [9.17, 15) is 4.39 Å². The van der Waals surface area contributed by atoms with Crippen molar-refractivity contribution in [2.75, 3.05) is 0 Å². The minimum Gasteiger partial charge on any atom is -0.324 e. The van der Waals surface area contributed by atoms with Gasteiger partial charge in [-0.1, -0.05) is 17.3 Å². The van der Waals surface area contributed by atoms with Gasteiger partial charge in [0.1, 0.15) is 5.82 Å². The lowest BCUT2D eigenvalue weighted by atomic mass is 10.0. The van der Waals surface area contributed by atoms with E-state index in [-0.39, 0.29) is 11.9 Å². The van der Waals surface area contributed by atoms with Crippen molar-refractivity contribution >= 4 is 15.9 Å². The summed E-state index contributed by atoms with van der Waals surface area (Å²) >= 11 is 3.20. The van der Waals surface area contributed by atoms with Crippen LogP contribution in [0.25, 0.3) is 0 Å². The van der Waals surface area contributed by atoms with E-state index in [2.05, 4.69) is 26.2 Å². The third-order valence-electron chi connectivity index (χ3n) is 2.46. The molecular weight excluding hydrogens is 287 g/mol. The van der Waals surface area contributed by atoms with Crippen LogP contribution in [0.5, 0.6) is 0 Å². The Morgan fingerprint density at radius 1 is 1.53 bits per heavy atom. The van der Waals surface area contributed by atoms with Crippen LogP contribution >= 0.6 is 15.9 Å². The number of aromatic nitrogens is 3. The highest BCUT2D eigenvalue weighted by molar-refractivity contribution is 9.10. The van der Waals surface area contributed by atoms with Gasteiger partial charge in [-0.25, -0.2) is 4.39 Å². The summed E-state index contributed by atoms with van der Waals surface area (Å²) < 4.78 is 15.4. The van der Waals surface area contributed by atoms with E-state index < -0.39 is 0 Å². The summed E-state index contributed by atoms with van der Waals surface area (Å²) in [6, 6.07) is 4.53. The normalized spacial score (nSPS) is 12.7. The number of benzene rings is 1. The predicted octanol–water partition coefficient (Wildman–Crippen LogP) is 1.96. The molecule has 1 atom stereocenters. The maximum absolute atomic E-state index is 13.3. The predicted molar refractivity (Wildman–Crippen MR) is 65.7 cm³/mol. The van der Waals surface area contributed by atoms with E-state index in [1.54, 1.807) is 30.1 Å². The van der Waals surface area contributed by atoms with Gasteiger partial charge < -0.3 is 5.73 Å². The molecule has 0 saturated heterocycles. The number of aryl methyl sites for hydroxylation is 1. The highest BCUT2D eigenvalue weighted by atomic mass is 79.9. The van der Waals surface area contributed by atoms with Gasteiger partial charge in [0.15, 0.2) is 0 Å². The molecule has 0 amide bonds. The molecule has 6 heteroatoms. The number of rotatable bonds is 3. The van der Waals surface area contributed by atoms with Gasteiger partial charge in [-0.15, -0.1) is 5.10 Å². The minimum absolute atomic E-state index is 0.308. The van der Waals surface area contributed by atoms with Crippen LogP contribution < -0.4 is 5.73 Å². The molecule has 1 heterocycles. The molecule has 1 aromatic carbocycles. The molecular formula is C11H12BrFN4. The maximum Gasteiger partial charge on any atom is 0.137 e. The zero-order valence-corrected chi connectivity index (χ0v) is 10.9. The molecule has 90 valence electrons. The largest absolute Gasteiger partial charge is 0.324 e. The summed E-state index contributed by atoms with van der Waals surface area (Å²) in [5, 5.41) is 7.79. The first-order valence-corrected chi connectivity index (χ1v) is 5.92. The lowest BCUT2D eigenvalue weighted by Crippen LogP contribution is -2.14. The summed E-state index contributed by atoms with van der Waals surface area (Å²) in [6.07, 6.45) is 2.32. The Morgan fingerprint density at radius 2 is 2.29 bits per heavy atom. The molecule has 0 aliphatic heterocycles.